The zero-order valence-corrected chi connectivity index (χ0v) is 9.23. The largest absolute Gasteiger partial charge is 0.386 e. The zero-order chi connectivity index (χ0) is 11.6. The lowest BCUT2D eigenvalue weighted by Gasteiger charge is -2.21. The van der Waals surface area contributed by atoms with Gasteiger partial charge in [0.05, 0.1) is 6.61 Å². The van der Waals surface area contributed by atoms with Gasteiger partial charge in [0.2, 0.25) is 5.95 Å². The Labute approximate surface area is 93.9 Å². The maximum atomic E-state index is 10.1. The third kappa shape index (κ3) is 2.40. The summed E-state index contributed by atoms with van der Waals surface area (Å²) in [5, 5.41) is 13.1. The third-order valence-corrected chi connectivity index (χ3v) is 2.66. The molecule has 0 spiro atoms. The van der Waals surface area contributed by atoms with Crippen molar-refractivity contribution in [1.29, 1.82) is 0 Å². The molecule has 2 rings (SSSR count). The second kappa shape index (κ2) is 4.23. The summed E-state index contributed by atoms with van der Waals surface area (Å²) in [6.07, 6.45) is 2.29. The van der Waals surface area contributed by atoms with Crippen LogP contribution in [0.15, 0.2) is 6.20 Å². The number of aliphatic hydroxyl groups is 1. The molecule has 6 nitrogen and oxygen atoms in total. The molecule has 0 amide bonds. The molecule has 88 valence electrons. The van der Waals surface area contributed by atoms with Crippen molar-refractivity contribution in [2.45, 2.75) is 18.9 Å². The van der Waals surface area contributed by atoms with Crippen molar-refractivity contribution in [1.82, 2.24) is 9.97 Å². The molecule has 1 saturated heterocycles. The van der Waals surface area contributed by atoms with Gasteiger partial charge in [0.25, 0.3) is 0 Å². The summed E-state index contributed by atoms with van der Waals surface area (Å²) in [6, 6.07) is 0. The van der Waals surface area contributed by atoms with Gasteiger partial charge in [-0.1, -0.05) is 0 Å². The number of ether oxygens (including phenoxy) is 1. The molecule has 1 atom stereocenters. The lowest BCUT2D eigenvalue weighted by molar-refractivity contribution is 0.0381. The number of nitrogen functional groups attached to an aromatic ring is 1. The highest BCUT2D eigenvalue weighted by molar-refractivity contribution is 5.45. The van der Waals surface area contributed by atoms with Gasteiger partial charge in [0.15, 0.2) is 0 Å². The van der Waals surface area contributed by atoms with Crippen LogP contribution in [0.3, 0.4) is 0 Å². The van der Waals surface area contributed by atoms with E-state index >= 15 is 0 Å². The molecule has 2 heterocycles. The van der Waals surface area contributed by atoms with Crippen LogP contribution in [-0.4, -0.2) is 40.4 Å². The highest BCUT2D eigenvalue weighted by Crippen LogP contribution is 2.19. The molecule has 1 aromatic rings. The van der Waals surface area contributed by atoms with Gasteiger partial charge in [-0.3, -0.25) is 0 Å². The van der Waals surface area contributed by atoms with Gasteiger partial charge < -0.3 is 20.9 Å². The Morgan fingerprint density at radius 2 is 2.50 bits per heavy atom. The van der Waals surface area contributed by atoms with Gasteiger partial charge >= 0.3 is 0 Å². The first-order valence-corrected chi connectivity index (χ1v) is 5.22. The van der Waals surface area contributed by atoms with Crippen LogP contribution in [0.5, 0.6) is 0 Å². The predicted octanol–water partition coefficient (Wildman–Crippen LogP) is -0.0695. The van der Waals surface area contributed by atoms with Crippen LogP contribution in [0.2, 0.25) is 0 Å². The van der Waals surface area contributed by atoms with Crippen molar-refractivity contribution in [3.8, 4) is 0 Å². The first-order valence-electron chi connectivity index (χ1n) is 5.22. The van der Waals surface area contributed by atoms with E-state index in [9.17, 15) is 5.11 Å². The van der Waals surface area contributed by atoms with Crippen molar-refractivity contribution in [3.63, 3.8) is 0 Å². The third-order valence-electron chi connectivity index (χ3n) is 2.66. The molecule has 0 radical (unpaired) electrons. The summed E-state index contributed by atoms with van der Waals surface area (Å²) >= 11 is 0. The molecule has 1 aliphatic rings. The van der Waals surface area contributed by atoms with Gasteiger partial charge in [0.1, 0.15) is 11.4 Å². The number of aryl methyl sites for hydroxylation is 1. The van der Waals surface area contributed by atoms with E-state index < -0.39 is 5.60 Å². The summed E-state index contributed by atoms with van der Waals surface area (Å²) < 4.78 is 5.16. The minimum atomic E-state index is -0.799. The minimum Gasteiger partial charge on any atom is -0.386 e. The fourth-order valence-electron chi connectivity index (χ4n) is 1.62. The summed E-state index contributed by atoms with van der Waals surface area (Å²) in [5.41, 5.74) is 5.60. The Hall–Kier alpha value is -1.40. The number of aromatic nitrogens is 2. The normalized spacial score (nSPS) is 24.6. The Bertz CT molecular complexity index is 377. The molecular formula is C10H16N4O2. The van der Waals surface area contributed by atoms with Crippen molar-refractivity contribution in [2.24, 2.45) is 0 Å². The summed E-state index contributed by atoms with van der Waals surface area (Å²) in [4.78, 5) is 7.94. The Morgan fingerprint density at radius 1 is 1.69 bits per heavy atom. The molecule has 1 aromatic heterocycles. The number of nitrogens with two attached hydrogens (primary N) is 1. The number of anilines is 2. The van der Waals surface area contributed by atoms with E-state index in [1.807, 2.05) is 6.92 Å². The average Bonchev–Trinajstić information content (AvgIpc) is 2.67. The van der Waals surface area contributed by atoms with Crippen LogP contribution in [0.1, 0.15) is 12.0 Å². The Kier molecular flexibility index (Phi) is 2.93. The summed E-state index contributed by atoms with van der Waals surface area (Å²) in [6.45, 7) is 3.25. The van der Waals surface area contributed by atoms with Crippen molar-refractivity contribution in [3.05, 3.63) is 11.8 Å². The molecule has 6 heteroatoms. The lowest BCUT2D eigenvalue weighted by Crippen LogP contribution is -2.37. The zero-order valence-electron chi connectivity index (χ0n) is 9.23. The van der Waals surface area contributed by atoms with E-state index in [-0.39, 0.29) is 5.95 Å². The van der Waals surface area contributed by atoms with Crippen LogP contribution in [0.4, 0.5) is 11.8 Å². The summed E-state index contributed by atoms with van der Waals surface area (Å²) in [5.74, 6) is 0.885. The Balaban J connectivity index is 2.01. The van der Waals surface area contributed by atoms with Crippen LogP contribution >= 0.6 is 0 Å². The van der Waals surface area contributed by atoms with Gasteiger partial charge in [-0.2, -0.15) is 4.98 Å². The molecule has 0 aliphatic carbocycles. The van der Waals surface area contributed by atoms with Crippen LogP contribution in [-0.2, 0) is 4.74 Å². The molecular weight excluding hydrogens is 208 g/mol. The molecule has 4 N–H and O–H groups in total. The smallest absolute Gasteiger partial charge is 0.221 e. The summed E-state index contributed by atoms with van der Waals surface area (Å²) in [7, 11) is 0. The minimum absolute atomic E-state index is 0.225. The number of hydrogen-bond acceptors (Lipinski definition) is 6. The van der Waals surface area contributed by atoms with E-state index in [2.05, 4.69) is 15.3 Å². The number of nitrogens with one attached hydrogen (secondary N) is 1. The monoisotopic (exact) mass is 224 g/mol. The van der Waals surface area contributed by atoms with Gasteiger partial charge in [-0.05, 0) is 6.92 Å². The van der Waals surface area contributed by atoms with E-state index in [0.29, 0.717) is 32.0 Å². The van der Waals surface area contributed by atoms with Crippen LogP contribution < -0.4 is 11.1 Å². The first-order chi connectivity index (χ1) is 7.59. The van der Waals surface area contributed by atoms with Crippen molar-refractivity contribution < 1.29 is 9.84 Å². The molecule has 1 fully saturated rings. The molecule has 0 bridgehead atoms. The van der Waals surface area contributed by atoms with Gasteiger partial charge in [-0.25, -0.2) is 4.98 Å². The first kappa shape index (κ1) is 11.1. The molecule has 0 aromatic carbocycles. The second-order valence-electron chi connectivity index (χ2n) is 4.14. The fourth-order valence-corrected chi connectivity index (χ4v) is 1.62. The van der Waals surface area contributed by atoms with E-state index in [1.54, 1.807) is 6.20 Å². The topological polar surface area (TPSA) is 93.3 Å². The number of nitrogens with zero attached hydrogens (tertiary/aromatic N) is 2. The SMILES string of the molecule is Cc1cnc(N)nc1NCC1(O)CCOC1. The van der Waals surface area contributed by atoms with E-state index in [1.165, 1.54) is 0 Å². The molecule has 1 unspecified atom stereocenters. The maximum absolute atomic E-state index is 10.1. The highest BCUT2D eigenvalue weighted by atomic mass is 16.5. The molecule has 16 heavy (non-hydrogen) atoms. The highest BCUT2D eigenvalue weighted by Gasteiger charge is 2.32. The molecule has 1 aliphatic heterocycles. The molecule has 0 saturated carbocycles. The quantitative estimate of drug-likeness (QED) is 0.665. The van der Waals surface area contributed by atoms with Crippen molar-refractivity contribution in [2.75, 3.05) is 30.8 Å². The van der Waals surface area contributed by atoms with E-state index in [0.717, 1.165) is 5.56 Å². The number of hydrogen-bond donors (Lipinski definition) is 3. The standard InChI is InChI=1S/C10H16N4O2/c1-7-4-12-9(11)14-8(7)13-5-10(15)2-3-16-6-10/h4,15H,2-3,5-6H2,1H3,(H3,11,12,13,14). The fraction of sp³-hybridized carbons (Fsp3) is 0.600. The van der Waals surface area contributed by atoms with E-state index in [4.69, 9.17) is 10.5 Å². The average molecular weight is 224 g/mol. The maximum Gasteiger partial charge on any atom is 0.221 e. The van der Waals surface area contributed by atoms with Gasteiger partial charge in [0, 0.05) is 31.3 Å². The van der Waals surface area contributed by atoms with Gasteiger partial charge in [-0.15, -0.1) is 0 Å². The van der Waals surface area contributed by atoms with Crippen LogP contribution in [0, 0.1) is 6.92 Å². The van der Waals surface area contributed by atoms with Crippen LogP contribution in [0.25, 0.3) is 0 Å². The second-order valence-corrected chi connectivity index (χ2v) is 4.14. The van der Waals surface area contributed by atoms with Crippen molar-refractivity contribution >= 4 is 11.8 Å². The predicted molar refractivity (Wildman–Crippen MR) is 60.1 cm³/mol. The Morgan fingerprint density at radius 3 is 3.19 bits per heavy atom. The lowest BCUT2D eigenvalue weighted by atomic mass is 10.0. The number of rotatable bonds is 3.